The van der Waals surface area contributed by atoms with E-state index in [2.05, 4.69) is 48.7 Å². The van der Waals surface area contributed by atoms with Gasteiger partial charge < -0.3 is 10.6 Å². The van der Waals surface area contributed by atoms with Crippen LogP contribution in [0.1, 0.15) is 56.8 Å². The highest BCUT2D eigenvalue weighted by molar-refractivity contribution is 6.10. The minimum absolute atomic E-state index is 0.160. The molecular weight excluding hydrogens is 580 g/mol. The lowest BCUT2D eigenvalue weighted by Crippen LogP contribution is -2.42. The highest BCUT2D eigenvalue weighted by atomic mass is 16.2. The van der Waals surface area contributed by atoms with Gasteiger partial charge in [-0.25, -0.2) is 9.97 Å². The first kappa shape index (κ1) is 31.6. The summed E-state index contributed by atoms with van der Waals surface area (Å²) in [6, 6.07) is 31.9. The molecule has 4 aromatic carbocycles. The topological polar surface area (TPSA) is 84.0 Å². The second-order valence-corrected chi connectivity index (χ2v) is 13.2. The third-order valence-corrected chi connectivity index (χ3v) is 8.83. The highest BCUT2D eigenvalue weighted by Crippen LogP contribution is 2.32. The number of carbonyl (C=O) groups is 2. The van der Waals surface area contributed by atoms with Crippen molar-refractivity contribution in [3.8, 4) is 22.5 Å². The van der Waals surface area contributed by atoms with E-state index in [0.717, 1.165) is 55.4 Å². The number of carbonyl (C=O) groups excluding carboxylic acids is 2. The maximum Gasteiger partial charge on any atom is 0.252 e. The molecule has 47 heavy (non-hydrogen) atoms. The summed E-state index contributed by atoms with van der Waals surface area (Å²) in [5.74, 6) is -0.319. The first-order chi connectivity index (χ1) is 22.5. The zero-order valence-electron chi connectivity index (χ0n) is 27.9. The normalized spacial score (nSPS) is 11.5. The van der Waals surface area contributed by atoms with Gasteiger partial charge in [0.1, 0.15) is 0 Å². The fourth-order valence-electron chi connectivity index (χ4n) is 6.06. The number of benzene rings is 4. The lowest BCUT2D eigenvalue weighted by molar-refractivity contribution is 0.0921. The largest absolute Gasteiger partial charge is 0.351 e. The van der Waals surface area contributed by atoms with Crippen molar-refractivity contribution in [2.75, 3.05) is 13.1 Å². The van der Waals surface area contributed by atoms with Crippen molar-refractivity contribution in [3.63, 3.8) is 0 Å². The van der Waals surface area contributed by atoms with E-state index in [1.54, 1.807) is 0 Å². The molecule has 0 saturated carbocycles. The van der Waals surface area contributed by atoms with Gasteiger partial charge in [-0.2, -0.15) is 0 Å². The Morgan fingerprint density at radius 3 is 1.30 bits per heavy atom. The molecule has 0 saturated heterocycles. The Bertz CT molecular complexity index is 1980. The Morgan fingerprint density at radius 1 is 0.553 bits per heavy atom. The molecule has 6 rings (SSSR count). The standard InChI is InChI=1S/C41H40N4O2/c1-25-15-19-29(20-16-25)37-27(3)35(31-11-7-9-13-33(31)44-37)39(46)42-23-41(5,6)24-43-40(47)36-28(4)38(30-21-17-26(2)18-22-30)45-34-14-10-8-12-32(34)36/h7-22H,23-24H2,1-6H3,(H,42,46)(H,43,47). The summed E-state index contributed by atoms with van der Waals surface area (Å²) in [6.07, 6.45) is 0. The highest BCUT2D eigenvalue weighted by Gasteiger charge is 2.25. The molecule has 2 aromatic heterocycles. The summed E-state index contributed by atoms with van der Waals surface area (Å²) in [5.41, 5.74) is 9.89. The molecule has 236 valence electrons. The Kier molecular flexibility index (Phi) is 8.61. The summed E-state index contributed by atoms with van der Waals surface area (Å²) in [4.78, 5) is 37.6. The molecule has 2 N–H and O–H groups in total. The van der Waals surface area contributed by atoms with Crippen molar-refractivity contribution in [1.29, 1.82) is 0 Å². The summed E-state index contributed by atoms with van der Waals surface area (Å²) >= 11 is 0. The molecule has 6 aromatic rings. The number of aromatic nitrogens is 2. The van der Waals surface area contributed by atoms with Crippen molar-refractivity contribution in [1.82, 2.24) is 20.6 Å². The number of pyridine rings is 2. The van der Waals surface area contributed by atoms with E-state index in [4.69, 9.17) is 9.97 Å². The fourth-order valence-corrected chi connectivity index (χ4v) is 6.06. The first-order valence-electron chi connectivity index (χ1n) is 16.0. The van der Waals surface area contributed by atoms with Crippen LogP contribution in [0, 0.1) is 33.1 Å². The van der Waals surface area contributed by atoms with Gasteiger partial charge in [0.2, 0.25) is 0 Å². The molecule has 0 radical (unpaired) electrons. The van der Waals surface area contributed by atoms with Gasteiger partial charge in [-0.15, -0.1) is 0 Å². The van der Waals surface area contributed by atoms with Crippen molar-refractivity contribution in [2.24, 2.45) is 5.41 Å². The van der Waals surface area contributed by atoms with Gasteiger partial charge in [0.15, 0.2) is 0 Å². The number of para-hydroxylation sites is 2. The van der Waals surface area contributed by atoms with Crippen molar-refractivity contribution in [3.05, 3.63) is 130 Å². The molecule has 0 spiro atoms. The molecular formula is C41H40N4O2. The molecule has 0 aliphatic carbocycles. The Balaban J connectivity index is 1.23. The van der Waals surface area contributed by atoms with Crippen LogP contribution in [0.15, 0.2) is 97.1 Å². The van der Waals surface area contributed by atoms with Gasteiger partial charge in [0, 0.05) is 35.0 Å². The molecule has 6 heteroatoms. The lowest BCUT2D eigenvalue weighted by atomic mass is 9.92. The van der Waals surface area contributed by atoms with Crippen LogP contribution < -0.4 is 10.6 Å². The van der Waals surface area contributed by atoms with Crippen LogP contribution in [0.4, 0.5) is 0 Å². The predicted molar refractivity (Wildman–Crippen MR) is 192 cm³/mol. The van der Waals surface area contributed by atoms with E-state index < -0.39 is 5.41 Å². The van der Waals surface area contributed by atoms with Gasteiger partial charge in [-0.1, -0.05) is 110 Å². The number of hydrogen-bond acceptors (Lipinski definition) is 4. The molecule has 0 unspecified atom stereocenters. The summed E-state index contributed by atoms with van der Waals surface area (Å²) in [6.45, 7) is 12.8. The fraction of sp³-hybridized carbons (Fsp3) is 0.220. The first-order valence-corrected chi connectivity index (χ1v) is 16.0. The van der Waals surface area contributed by atoms with Crippen molar-refractivity contribution < 1.29 is 9.59 Å². The number of nitrogens with one attached hydrogen (secondary N) is 2. The Hall–Kier alpha value is -5.36. The zero-order chi connectivity index (χ0) is 33.3. The number of aryl methyl sites for hydroxylation is 2. The second kappa shape index (κ2) is 12.8. The molecule has 0 aliphatic heterocycles. The number of hydrogen-bond donors (Lipinski definition) is 2. The SMILES string of the molecule is Cc1ccc(-c2nc3ccccc3c(C(=O)NCC(C)(C)CNC(=O)c3c(C)c(-c4ccc(C)cc4)nc4ccccc34)c2C)cc1. The van der Waals surface area contributed by atoms with Crippen LogP contribution in [0.2, 0.25) is 0 Å². The van der Waals surface area contributed by atoms with Gasteiger partial charge in [-0.3, -0.25) is 9.59 Å². The van der Waals surface area contributed by atoms with Gasteiger partial charge in [0.25, 0.3) is 11.8 Å². The maximum atomic E-state index is 13.9. The van der Waals surface area contributed by atoms with Crippen molar-refractivity contribution >= 4 is 33.6 Å². The average Bonchev–Trinajstić information content (AvgIpc) is 3.06. The van der Waals surface area contributed by atoms with E-state index in [1.165, 1.54) is 11.1 Å². The summed E-state index contributed by atoms with van der Waals surface area (Å²) in [5, 5.41) is 7.97. The summed E-state index contributed by atoms with van der Waals surface area (Å²) < 4.78 is 0. The number of amides is 2. The predicted octanol–water partition coefficient (Wildman–Crippen LogP) is 8.54. The molecule has 6 nitrogen and oxygen atoms in total. The van der Waals surface area contributed by atoms with E-state index in [0.29, 0.717) is 24.2 Å². The van der Waals surface area contributed by atoms with Crippen LogP contribution in [0.3, 0.4) is 0 Å². The number of nitrogens with zero attached hydrogens (tertiary/aromatic N) is 2. The lowest BCUT2D eigenvalue weighted by Gasteiger charge is -2.26. The van der Waals surface area contributed by atoms with E-state index in [9.17, 15) is 9.59 Å². The smallest absolute Gasteiger partial charge is 0.252 e. The van der Waals surface area contributed by atoms with E-state index in [-0.39, 0.29) is 11.8 Å². The van der Waals surface area contributed by atoms with Gasteiger partial charge >= 0.3 is 0 Å². The minimum Gasteiger partial charge on any atom is -0.351 e. The molecule has 0 atom stereocenters. The zero-order valence-corrected chi connectivity index (χ0v) is 27.9. The molecule has 2 heterocycles. The summed E-state index contributed by atoms with van der Waals surface area (Å²) in [7, 11) is 0. The van der Waals surface area contributed by atoms with Gasteiger partial charge in [0.05, 0.1) is 33.5 Å². The van der Waals surface area contributed by atoms with Crippen LogP contribution in [-0.4, -0.2) is 34.9 Å². The molecule has 0 bridgehead atoms. The Morgan fingerprint density at radius 2 is 0.915 bits per heavy atom. The second-order valence-electron chi connectivity index (χ2n) is 13.2. The number of rotatable bonds is 8. The molecule has 0 fully saturated rings. The van der Waals surface area contributed by atoms with Crippen LogP contribution in [0.5, 0.6) is 0 Å². The van der Waals surface area contributed by atoms with E-state index in [1.807, 2.05) is 100 Å². The van der Waals surface area contributed by atoms with Gasteiger partial charge in [-0.05, 0) is 56.4 Å². The van der Waals surface area contributed by atoms with Crippen LogP contribution in [-0.2, 0) is 0 Å². The minimum atomic E-state index is -0.432. The molecule has 0 aliphatic rings. The quantitative estimate of drug-likeness (QED) is 0.179. The maximum absolute atomic E-state index is 13.9. The third-order valence-electron chi connectivity index (χ3n) is 8.83. The van der Waals surface area contributed by atoms with E-state index >= 15 is 0 Å². The van der Waals surface area contributed by atoms with Crippen LogP contribution >= 0.6 is 0 Å². The average molecular weight is 621 g/mol. The van der Waals surface area contributed by atoms with Crippen LogP contribution in [0.25, 0.3) is 44.3 Å². The third kappa shape index (κ3) is 6.50. The monoisotopic (exact) mass is 620 g/mol. The Labute approximate surface area is 276 Å². The van der Waals surface area contributed by atoms with Crippen molar-refractivity contribution in [2.45, 2.75) is 41.5 Å². The number of fused-ring (bicyclic) bond motifs is 2. The molecule has 2 amide bonds.